The number of piperazine rings is 1. The van der Waals surface area contributed by atoms with E-state index in [1.807, 2.05) is 54.6 Å². The molecule has 5 rings (SSSR count). The molecule has 35 heavy (non-hydrogen) atoms. The summed E-state index contributed by atoms with van der Waals surface area (Å²) < 4.78 is 11.7. The summed E-state index contributed by atoms with van der Waals surface area (Å²) in [6.07, 6.45) is -0.761. The van der Waals surface area contributed by atoms with Crippen LogP contribution >= 0.6 is 0 Å². The number of hydrogen-bond donors (Lipinski definition) is 1. The second-order valence-electron chi connectivity index (χ2n) is 8.48. The summed E-state index contributed by atoms with van der Waals surface area (Å²) in [6.45, 7) is 4.24. The van der Waals surface area contributed by atoms with Gasteiger partial charge < -0.3 is 24.3 Å². The Kier molecular flexibility index (Phi) is 6.39. The van der Waals surface area contributed by atoms with Crippen molar-refractivity contribution in [2.24, 2.45) is 0 Å². The highest BCUT2D eigenvalue weighted by atomic mass is 16.5. The van der Waals surface area contributed by atoms with Crippen LogP contribution in [0.5, 0.6) is 5.75 Å². The summed E-state index contributed by atoms with van der Waals surface area (Å²) in [5.41, 5.74) is 2.07. The Bertz CT molecular complexity index is 1310. The minimum atomic E-state index is -0.761. The van der Waals surface area contributed by atoms with E-state index in [0.29, 0.717) is 35.5 Å². The zero-order valence-corrected chi connectivity index (χ0v) is 19.5. The molecular formula is C28H27N3O4. The molecule has 7 nitrogen and oxygen atoms in total. The molecule has 1 aliphatic rings. The van der Waals surface area contributed by atoms with Crippen molar-refractivity contribution in [1.82, 2.24) is 4.90 Å². The maximum atomic E-state index is 13.5. The molecule has 1 fully saturated rings. The van der Waals surface area contributed by atoms with E-state index >= 15 is 0 Å². The zero-order valence-electron chi connectivity index (χ0n) is 19.5. The highest BCUT2D eigenvalue weighted by molar-refractivity contribution is 6.11. The topological polar surface area (TPSA) is 75.0 Å². The van der Waals surface area contributed by atoms with Gasteiger partial charge in [0.2, 0.25) is 5.76 Å². The number of para-hydroxylation sites is 3. The summed E-state index contributed by atoms with van der Waals surface area (Å²) in [6, 6.07) is 26.6. The highest BCUT2D eigenvalue weighted by Gasteiger charge is 2.30. The average Bonchev–Trinajstić information content (AvgIpc) is 3.27. The van der Waals surface area contributed by atoms with Crippen LogP contribution in [-0.4, -0.2) is 49.0 Å². The number of benzene rings is 3. The number of hydrogen-bond acceptors (Lipinski definition) is 5. The molecule has 1 N–H and O–H groups in total. The first-order chi connectivity index (χ1) is 17.1. The van der Waals surface area contributed by atoms with Gasteiger partial charge >= 0.3 is 0 Å². The maximum absolute atomic E-state index is 13.5. The van der Waals surface area contributed by atoms with Crippen LogP contribution in [0.3, 0.4) is 0 Å². The van der Waals surface area contributed by atoms with Crippen LogP contribution in [0.15, 0.2) is 89.3 Å². The van der Waals surface area contributed by atoms with Crippen LogP contribution in [0.2, 0.25) is 0 Å². The number of nitrogens with zero attached hydrogens (tertiary/aromatic N) is 2. The molecule has 3 aromatic carbocycles. The Balaban J connectivity index is 1.34. The predicted octanol–water partition coefficient (Wildman–Crippen LogP) is 4.80. The van der Waals surface area contributed by atoms with Crippen molar-refractivity contribution >= 4 is 34.2 Å². The van der Waals surface area contributed by atoms with Crippen molar-refractivity contribution in [3.05, 3.63) is 90.7 Å². The predicted molar refractivity (Wildman–Crippen MR) is 136 cm³/mol. The van der Waals surface area contributed by atoms with Gasteiger partial charge in [-0.05, 0) is 43.3 Å². The minimum Gasteiger partial charge on any atom is -0.481 e. The molecule has 0 spiro atoms. The van der Waals surface area contributed by atoms with Crippen molar-refractivity contribution < 1.29 is 18.7 Å². The van der Waals surface area contributed by atoms with E-state index < -0.39 is 6.10 Å². The lowest BCUT2D eigenvalue weighted by molar-refractivity contribution is -0.122. The molecule has 178 valence electrons. The number of carbonyl (C=O) groups excluding carboxylic acids is 2. The number of anilines is 2. The van der Waals surface area contributed by atoms with Gasteiger partial charge in [-0.3, -0.25) is 9.59 Å². The summed E-state index contributed by atoms with van der Waals surface area (Å²) in [5, 5.41) is 3.57. The molecule has 0 radical (unpaired) electrons. The number of rotatable bonds is 6. The van der Waals surface area contributed by atoms with Gasteiger partial charge in [0.05, 0.1) is 0 Å². The SMILES string of the molecule is C[C@H](Oc1ccccc1)C(=O)Nc1c(C(=O)N2CCN(c3ccccc3)CC2)oc2ccccc12. The van der Waals surface area contributed by atoms with E-state index in [9.17, 15) is 9.59 Å². The fraction of sp³-hybridized carbons (Fsp3) is 0.214. The number of ether oxygens (including phenoxy) is 1. The van der Waals surface area contributed by atoms with Crippen molar-refractivity contribution in [1.29, 1.82) is 0 Å². The van der Waals surface area contributed by atoms with Crippen LogP contribution in [0, 0.1) is 0 Å². The van der Waals surface area contributed by atoms with E-state index in [-0.39, 0.29) is 17.6 Å². The highest BCUT2D eigenvalue weighted by Crippen LogP contribution is 2.32. The van der Waals surface area contributed by atoms with Gasteiger partial charge in [-0.25, -0.2) is 0 Å². The second-order valence-corrected chi connectivity index (χ2v) is 8.48. The van der Waals surface area contributed by atoms with E-state index in [1.54, 1.807) is 30.0 Å². The quantitative estimate of drug-likeness (QED) is 0.439. The molecule has 4 aromatic rings. The summed E-state index contributed by atoms with van der Waals surface area (Å²) in [4.78, 5) is 30.5. The van der Waals surface area contributed by atoms with Gasteiger partial charge in [-0.2, -0.15) is 0 Å². The number of carbonyl (C=O) groups is 2. The van der Waals surface area contributed by atoms with Gasteiger partial charge in [0.25, 0.3) is 11.8 Å². The monoisotopic (exact) mass is 469 g/mol. The molecule has 0 bridgehead atoms. The fourth-order valence-electron chi connectivity index (χ4n) is 4.25. The van der Waals surface area contributed by atoms with Crippen molar-refractivity contribution in [2.45, 2.75) is 13.0 Å². The number of amides is 2. The molecule has 7 heteroatoms. The van der Waals surface area contributed by atoms with Crippen LogP contribution < -0.4 is 15.0 Å². The number of fused-ring (bicyclic) bond motifs is 1. The Morgan fingerprint density at radius 1 is 0.857 bits per heavy atom. The molecule has 1 aliphatic heterocycles. The van der Waals surface area contributed by atoms with Crippen molar-refractivity contribution in [3.63, 3.8) is 0 Å². The van der Waals surface area contributed by atoms with Crippen LogP contribution in [0.25, 0.3) is 11.0 Å². The average molecular weight is 470 g/mol. The Labute approximate surface area is 203 Å². The van der Waals surface area contributed by atoms with Gasteiger partial charge in [0.15, 0.2) is 6.10 Å². The second kappa shape index (κ2) is 9.93. The third-order valence-electron chi connectivity index (χ3n) is 6.15. The molecule has 0 unspecified atom stereocenters. The first-order valence-corrected chi connectivity index (χ1v) is 11.7. The van der Waals surface area contributed by atoms with Crippen molar-refractivity contribution in [2.75, 3.05) is 36.4 Å². The van der Waals surface area contributed by atoms with Gasteiger partial charge in [-0.1, -0.05) is 48.5 Å². The third-order valence-corrected chi connectivity index (χ3v) is 6.15. The van der Waals surface area contributed by atoms with Crippen LogP contribution in [0.1, 0.15) is 17.5 Å². The standard InChI is InChI=1S/C28H27N3O4/c1-20(34-22-12-6-3-7-13-22)27(32)29-25-23-14-8-9-15-24(23)35-26(25)28(33)31-18-16-30(17-19-31)21-10-4-2-5-11-21/h2-15,20H,16-19H2,1H3,(H,29,32)/t20-/m0/s1. The molecule has 0 saturated carbocycles. The van der Waals surface area contributed by atoms with Crippen LogP contribution in [-0.2, 0) is 4.79 Å². The summed E-state index contributed by atoms with van der Waals surface area (Å²) in [5.74, 6) is 0.142. The van der Waals surface area contributed by atoms with E-state index in [2.05, 4.69) is 22.3 Å². The molecule has 1 aromatic heterocycles. The summed E-state index contributed by atoms with van der Waals surface area (Å²) >= 11 is 0. The van der Waals surface area contributed by atoms with Gasteiger partial charge in [-0.15, -0.1) is 0 Å². The lowest BCUT2D eigenvalue weighted by Gasteiger charge is -2.35. The molecule has 1 saturated heterocycles. The molecule has 2 heterocycles. The minimum absolute atomic E-state index is 0.139. The largest absolute Gasteiger partial charge is 0.481 e. The maximum Gasteiger partial charge on any atom is 0.291 e. The van der Waals surface area contributed by atoms with Gasteiger partial charge in [0.1, 0.15) is 17.0 Å². The van der Waals surface area contributed by atoms with Crippen molar-refractivity contribution in [3.8, 4) is 5.75 Å². The Morgan fingerprint density at radius 3 is 2.20 bits per heavy atom. The van der Waals surface area contributed by atoms with E-state index in [0.717, 1.165) is 18.8 Å². The molecule has 0 aliphatic carbocycles. The first kappa shape index (κ1) is 22.5. The lowest BCUT2D eigenvalue weighted by Crippen LogP contribution is -2.48. The number of furan rings is 1. The lowest BCUT2D eigenvalue weighted by atomic mass is 10.2. The van der Waals surface area contributed by atoms with E-state index in [4.69, 9.17) is 9.15 Å². The summed E-state index contributed by atoms with van der Waals surface area (Å²) in [7, 11) is 0. The molecule has 2 amide bonds. The normalized spacial score (nSPS) is 14.5. The third kappa shape index (κ3) is 4.84. The first-order valence-electron chi connectivity index (χ1n) is 11.7. The Morgan fingerprint density at radius 2 is 1.49 bits per heavy atom. The smallest absolute Gasteiger partial charge is 0.291 e. The fourth-order valence-corrected chi connectivity index (χ4v) is 4.25. The zero-order chi connectivity index (χ0) is 24.2. The molecular weight excluding hydrogens is 442 g/mol. The Hall–Kier alpha value is -4.26. The van der Waals surface area contributed by atoms with Gasteiger partial charge in [0, 0.05) is 37.3 Å². The number of nitrogens with one attached hydrogen (secondary N) is 1. The van der Waals surface area contributed by atoms with E-state index in [1.165, 1.54) is 0 Å². The molecule has 1 atom stereocenters. The van der Waals surface area contributed by atoms with Crippen LogP contribution in [0.4, 0.5) is 11.4 Å².